The minimum absolute atomic E-state index is 1.13. The molecule has 0 radical (unpaired) electrons. The smallest absolute Gasteiger partial charge is 0.115 e. The number of quaternary nitrogens is 2. The van der Waals surface area contributed by atoms with Gasteiger partial charge in [0.15, 0.2) is 0 Å². The second-order valence-electron chi connectivity index (χ2n) is 5.35. The first-order chi connectivity index (χ1) is 9.78. The molecular weight excluding hydrogens is 284 g/mol. The molecule has 20 heavy (non-hydrogen) atoms. The second kappa shape index (κ2) is 10.6. The fourth-order valence-electron chi connectivity index (χ4n) is 2.64. The Morgan fingerprint density at radius 3 is 1.45 bits per heavy atom. The molecule has 4 N–H and O–H groups in total. The zero-order chi connectivity index (χ0) is 14.8. The summed E-state index contributed by atoms with van der Waals surface area (Å²) in [6.07, 6.45) is 9.84. The standard InChI is InChI=1S/C16H28N2S2/c1-3-5-7-9-13-14(10-8-6-4-2)16(18-20)12-11-15(13)17-19/h11-12H,3-10,17-18H2,1-2H3. The molecule has 2 nitrogen and oxygen atoms in total. The lowest BCUT2D eigenvalue weighted by molar-refractivity contribution is -0.381. The highest BCUT2D eigenvalue weighted by Gasteiger charge is 2.14. The summed E-state index contributed by atoms with van der Waals surface area (Å²) in [6, 6.07) is 4.27. The Labute approximate surface area is 135 Å². The van der Waals surface area contributed by atoms with E-state index in [-0.39, 0.29) is 0 Å². The lowest BCUT2D eigenvalue weighted by Gasteiger charge is -2.18. The van der Waals surface area contributed by atoms with Crippen molar-refractivity contribution < 1.29 is 9.44 Å². The van der Waals surface area contributed by atoms with E-state index >= 15 is 0 Å². The third-order valence-corrected chi connectivity index (χ3v) is 4.33. The van der Waals surface area contributed by atoms with Gasteiger partial charge in [0.1, 0.15) is 11.4 Å². The van der Waals surface area contributed by atoms with Crippen molar-refractivity contribution in [1.82, 2.24) is 0 Å². The van der Waals surface area contributed by atoms with Crippen molar-refractivity contribution >= 4 is 37.0 Å². The third-order valence-electron chi connectivity index (χ3n) is 3.82. The normalized spacial score (nSPS) is 11.0. The maximum Gasteiger partial charge on any atom is 0.115 e. The van der Waals surface area contributed by atoms with Crippen molar-refractivity contribution in [3.8, 4) is 0 Å². The lowest BCUT2D eigenvalue weighted by Crippen LogP contribution is -2.73. The minimum Gasteiger partial charge on any atom is -0.492 e. The van der Waals surface area contributed by atoms with Gasteiger partial charge in [-0.3, -0.25) is 0 Å². The van der Waals surface area contributed by atoms with Crippen LogP contribution in [-0.2, 0) is 38.5 Å². The molecule has 0 aromatic heterocycles. The molecular formula is C16H28N2S2. The molecule has 0 atom stereocenters. The van der Waals surface area contributed by atoms with Crippen LogP contribution < -0.4 is 9.44 Å². The van der Waals surface area contributed by atoms with Crippen LogP contribution >= 0.6 is 0 Å². The van der Waals surface area contributed by atoms with Gasteiger partial charge in [-0.25, -0.2) is 0 Å². The predicted molar refractivity (Wildman–Crippen MR) is 90.8 cm³/mol. The van der Waals surface area contributed by atoms with Gasteiger partial charge in [0.25, 0.3) is 0 Å². The third kappa shape index (κ3) is 5.32. The van der Waals surface area contributed by atoms with Gasteiger partial charge in [-0.15, -0.1) is 0 Å². The number of benzene rings is 1. The van der Waals surface area contributed by atoms with Crippen molar-refractivity contribution in [2.24, 2.45) is 0 Å². The van der Waals surface area contributed by atoms with Crippen LogP contribution in [0.5, 0.6) is 0 Å². The largest absolute Gasteiger partial charge is 0.492 e. The number of nitrogens with two attached hydrogens (primary N) is 2. The Morgan fingerprint density at radius 1 is 0.750 bits per heavy atom. The number of rotatable bonds is 10. The molecule has 0 saturated carbocycles. The molecule has 0 amide bonds. The fraction of sp³-hybridized carbons (Fsp3) is 0.625. The summed E-state index contributed by atoms with van der Waals surface area (Å²) in [7, 11) is 0. The molecule has 0 heterocycles. The van der Waals surface area contributed by atoms with E-state index in [9.17, 15) is 0 Å². The van der Waals surface area contributed by atoms with Gasteiger partial charge in [-0.2, -0.15) is 0 Å². The van der Waals surface area contributed by atoms with E-state index in [0.717, 1.165) is 12.8 Å². The highest BCUT2D eigenvalue weighted by Crippen LogP contribution is 2.26. The van der Waals surface area contributed by atoms with E-state index in [0.29, 0.717) is 0 Å². The van der Waals surface area contributed by atoms with Crippen LogP contribution in [0, 0.1) is 0 Å². The van der Waals surface area contributed by atoms with Gasteiger partial charge >= 0.3 is 0 Å². The van der Waals surface area contributed by atoms with E-state index in [2.05, 4.69) is 26.0 Å². The first-order valence-corrected chi connectivity index (χ1v) is 8.77. The number of hydrogen-bond donors (Lipinski definition) is 2. The molecule has 0 aliphatic carbocycles. The van der Waals surface area contributed by atoms with Gasteiger partial charge in [0.05, 0.1) is 0 Å². The maximum atomic E-state index is 5.20. The van der Waals surface area contributed by atoms with Crippen molar-refractivity contribution in [3.05, 3.63) is 23.3 Å². The van der Waals surface area contributed by atoms with Crippen molar-refractivity contribution in [2.45, 2.75) is 65.2 Å². The van der Waals surface area contributed by atoms with Crippen LogP contribution in [0.25, 0.3) is 0 Å². The van der Waals surface area contributed by atoms with Crippen LogP contribution in [-0.4, -0.2) is 0 Å². The summed E-state index contributed by atoms with van der Waals surface area (Å²) in [5.74, 6) is 0. The average Bonchev–Trinajstić information content (AvgIpc) is 2.48. The summed E-state index contributed by atoms with van der Waals surface area (Å²) in [4.78, 5) is 0. The second-order valence-corrected chi connectivity index (χ2v) is 5.82. The zero-order valence-corrected chi connectivity index (χ0v) is 14.4. The van der Waals surface area contributed by atoms with Gasteiger partial charge in [0, 0.05) is 23.3 Å². The summed E-state index contributed by atoms with van der Waals surface area (Å²) in [6.45, 7) is 4.49. The SMILES string of the molecule is CCCCCc1c([NH2+][S-])ccc([NH2+][S-])c1CCCCC. The van der Waals surface area contributed by atoms with E-state index in [1.165, 1.54) is 61.0 Å². The molecule has 0 fully saturated rings. The van der Waals surface area contributed by atoms with Crippen LogP contribution in [0.4, 0.5) is 11.4 Å². The van der Waals surface area contributed by atoms with Crippen LogP contribution in [0.1, 0.15) is 63.5 Å². The Morgan fingerprint density at radius 2 is 1.15 bits per heavy atom. The molecule has 1 rings (SSSR count). The molecule has 0 bridgehead atoms. The summed E-state index contributed by atoms with van der Waals surface area (Å²) < 4.78 is 3.66. The molecule has 114 valence electrons. The van der Waals surface area contributed by atoms with Gasteiger partial charge in [-0.05, 0) is 25.7 Å². The first kappa shape index (κ1) is 17.9. The van der Waals surface area contributed by atoms with Crippen LogP contribution in [0.15, 0.2) is 12.1 Å². The van der Waals surface area contributed by atoms with E-state index in [4.69, 9.17) is 25.6 Å². The number of unbranched alkanes of at least 4 members (excludes halogenated alkanes) is 4. The van der Waals surface area contributed by atoms with Crippen LogP contribution in [0.2, 0.25) is 0 Å². The summed E-state index contributed by atoms with van der Waals surface area (Å²) in [5, 5.41) is 0. The monoisotopic (exact) mass is 312 g/mol. The number of hydrogen-bond acceptors (Lipinski definition) is 2. The Kier molecular flexibility index (Phi) is 9.44. The topological polar surface area (TPSA) is 33.2 Å². The zero-order valence-electron chi connectivity index (χ0n) is 12.8. The van der Waals surface area contributed by atoms with E-state index in [1.54, 1.807) is 0 Å². The maximum absolute atomic E-state index is 5.20. The Balaban J connectivity index is 2.97. The lowest BCUT2D eigenvalue weighted by atomic mass is 9.94. The van der Waals surface area contributed by atoms with E-state index in [1.807, 2.05) is 9.44 Å². The van der Waals surface area contributed by atoms with Gasteiger partial charge in [0.2, 0.25) is 0 Å². The van der Waals surface area contributed by atoms with Gasteiger partial charge in [-0.1, -0.05) is 39.5 Å². The predicted octanol–water partition coefficient (Wildman–Crippen LogP) is 2.47. The molecule has 1 aromatic carbocycles. The minimum atomic E-state index is 1.13. The Hall–Kier alpha value is -0.160. The van der Waals surface area contributed by atoms with Crippen molar-refractivity contribution in [3.63, 3.8) is 0 Å². The van der Waals surface area contributed by atoms with E-state index < -0.39 is 0 Å². The average molecular weight is 313 g/mol. The quantitative estimate of drug-likeness (QED) is 0.395. The molecule has 0 aliphatic heterocycles. The highest BCUT2D eigenvalue weighted by molar-refractivity contribution is 7.51. The molecule has 4 heteroatoms. The summed E-state index contributed by atoms with van der Waals surface area (Å²) >= 11 is 10.4. The highest BCUT2D eigenvalue weighted by atomic mass is 32.1. The molecule has 0 aliphatic rings. The summed E-state index contributed by atoms with van der Waals surface area (Å²) in [5.41, 5.74) is 5.35. The van der Waals surface area contributed by atoms with Crippen molar-refractivity contribution in [1.29, 1.82) is 0 Å². The molecule has 1 aromatic rings. The fourth-order valence-corrected chi connectivity index (χ4v) is 3.09. The Bertz CT molecular complexity index is 357. The first-order valence-electron chi connectivity index (χ1n) is 7.83. The van der Waals surface area contributed by atoms with Gasteiger partial charge < -0.3 is 35.1 Å². The van der Waals surface area contributed by atoms with Crippen molar-refractivity contribution in [2.75, 3.05) is 0 Å². The molecule has 0 unspecified atom stereocenters. The molecule has 0 spiro atoms. The molecule has 0 saturated heterocycles. The van der Waals surface area contributed by atoms with Crippen LogP contribution in [0.3, 0.4) is 0 Å².